The van der Waals surface area contributed by atoms with Crippen molar-refractivity contribution in [2.75, 3.05) is 40.3 Å². The highest BCUT2D eigenvalue weighted by Crippen LogP contribution is 2.38. The fourth-order valence-electron chi connectivity index (χ4n) is 3.48. The fourth-order valence-corrected chi connectivity index (χ4v) is 3.74. The van der Waals surface area contributed by atoms with Crippen molar-refractivity contribution in [2.45, 2.75) is 6.42 Å². The Bertz CT molecular complexity index is 1150. The second-order valence-electron chi connectivity index (χ2n) is 7.33. The number of methoxy groups -OCH3 is 4. The Hall–Kier alpha value is -3.64. The van der Waals surface area contributed by atoms with Crippen LogP contribution in [-0.2, 0) is 0 Å². The van der Waals surface area contributed by atoms with Gasteiger partial charge in [-0.3, -0.25) is 4.79 Å². The van der Waals surface area contributed by atoms with Crippen LogP contribution in [0, 0.1) is 0 Å². The number of para-hydroxylation sites is 1. The molecule has 1 N–H and O–H groups in total. The van der Waals surface area contributed by atoms with Crippen LogP contribution in [0.15, 0.2) is 54.6 Å². The standard InChI is InChI=1S/C27H28ClNO5/c1-31-24-12-11-20(17-21(24)28)23(30)13-14-29-22-8-6-5-7-19(22)10-9-18-15-25(32-2)27(34-4)26(16-18)33-3/h5-12,15-17,29H,13-14H2,1-4H3/b10-9-. The Morgan fingerprint density at radius 3 is 2.15 bits per heavy atom. The van der Waals surface area contributed by atoms with E-state index in [0.717, 1.165) is 16.8 Å². The minimum atomic E-state index is 0.00231. The molecular weight excluding hydrogens is 454 g/mol. The van der Waals surface area contributed by atoms with Crippen molar-refractivity contribution < 1.29 is 23.7 Å². The molecule has 6 nitrogen and oxygen atoms in total. The van der Waals surface area contributed by atoms with E-state index in [0.29, 0.717) is 46.5 Å². The van der Waals surface area contributed by atoms with E-state index in [4.69, 9.17) is 30.5 Å². The van der Waals surface area contributed by atoms with E-state index >= 15 is 0 Å². The quantitative estimate of drug-likeness (QED) is 0.258. The Balaban J connectivity index is 1.70. The van der Waals surface area contributed by atoms with Crippen molar-refractivity contribution in [3.8, 4) is 23.0 Å². The van der Waals surface area contributed by atoms with E-state index in [1.165, 1.54) is 0 Å². The summed E-state index contributed by atoms with van der Waals surface area (Å²) in [6.07, 6.45) is 4.29. The van der Waals surface area contributed by atoms with Gasteiger partial charge in [-0.15, -0.1) is 0 Å². The molecule has 34 heavy (non-hydrogen) atoms. The molecule has 0 saturated heterocycles. The molecule has 3 aromatic rings. The highest BCUT2D eigenvalue weighted by molar-refractivity contribution is 6.32. The lowest BCUT2D eigenvalue weighted by molar-refractivity contribution is 0.0986. The minimum Gasteiger partial charge on any atom is -0.495 e. The zero-order valence-electron chi connectivity index (χ0n) is 19.7. The zero-order valence-corrected chi connectivity index (χ0v) is 20.4. The molecule has 0 heterocycles. The largest absolute Gasteiger partial charge is 0.495 e. The maximum absolute atomic E-state index is 12.6. The Labute approximate surface area is 205 Å². The molecule has 0 bridgehead atoms. The number of hydrogen-bond acceptors (Lipinski definition) is 6. The van der Waals surface area contributed by atoms with Gasteiger partial charge < -0.3 is 24.3 Å². The molecule has 0 saturated carbocycles. The van der Waals surface area contributed by atoms with Crippen molar-refractivity contribution in [2.24, 2.45) is 0 Å². The number of Topliss-reactive ketones (excluding diaryl/α,β-unsaturated/α-hetero) is 1. The summed E-state index contributed by atoms with van der Waals surface area (Å²) in [7, 11) is 6.29. The monoisotopic (exact) mass is 481 g/mol. The van der Waals surface area contributed by atoms with Crippen molar-refractivity contribution >= 4 is 35.2 Å². The maximum atomic E-state index is 12.6. The van der Waals surface area contributed by atoms with Gasteiger partial charge in [-0.05, 0) is 47.5 Å². The number of benzene rings is 3. The molecule has 0 aliphatic rings. The maximum Gasteiger partial charge on any atom is 0.203 e. The molecule has 0 amide bonds. The van der Waals surface area contributed by atoms with Crippen LogP contribution in [-0.4, -0.2) is 40.8 Å². The molecular formula is C27H28ClNO5. The number of hydrogen-bond donors (Lipinski definition) is 1. The van der Waals surface area contributed by atoms with Crippen molar-refractivity contribution in [3.63, 3.8) is 0 Å². The van der Waals surface area contributed by atoms with E-state index in [1.54, 1.807) is 46.6 Å². The normalized spacial score (nSPS) is 10.7. The van der Waals surface area contributed by atoms with Gasteiger partial charge in [-0.25, -0.2) is 0 Å². The SMILES string of the molecule is COc1ccc(C(=O)CCNc2ccccc2/C=C\c2cc(OC)c(OC)c(OC)c2)cc1Cl. The number of rotatable bonds is 11. The first-order valence-electron chi connectivity index (χ1n) is 10.7. The second kappa shape index (κ2) is 12.0. The molecule has 0 spiro atoms. The predicted octanol–water partition coefficient (Wildman–Crippen LogP) is 6.23. The molecule has 0 fully saturated rings. The average Bonchev–Trinajstić information content (AvgIpc) is 2.87. The third-order valence-electron chi connectivity index (χ3n) is 5.24. The Morgan fingerprint density at radius 1 is 0.853 bits per heavy atom. The van der Waals surface area contributed by atoms with Gasteiger partial charge in [0.2, 0.25) is 5.75 Å². The van der Waals surface area contributed by atoms with Gasteiger partial charge in [0, 0.05) is 24.2 Å². The number of anilines is 1. The topological polar surface area (TPSA) is 66.0 Å². The molecule has 0 atom stereocenters. The van der Waals surface area contributed by atoms with Gasteiger partial charge >= 0.3 is 0 Å². The summed E-state index contributed by atoms with van der Waals surface area (Å²) in [5.41, 5.74) is 3.36. The number of nitrogens with one attached hydrogen (secondary N) is 1. The van der Waals surface area contributed by atoms with Crippen molar-refractivity contribution in [3.05, 3.63) is 76.3 Å². The zero-order chi connectivity index (χ0) is 24.5. The lowest BCUT2D eigenvalue weighted by Crippen LogP contribution is -2.09. The molecule has 0 radical (unpaired) electrons. The van der Waals surface area contributed by atoms with Gasteiger partial charge in [0.05, 0.1) is 33.5 Å². The van der Waals surface area contributed by atoms with Crippen LogP contribution in [0.1, 0.15) is 27.9 Å². The lowest BCUT2D eigenvalue weighted by Gasteiger charge is -2.13. The van der Waals surface area contributed by atoms with Crippen LogP contribution in [0.3, 0.4) is 0 Å². The number of halogens is 1. The summed E-state index contributed by atoms with van der Waals surface area (Å²) in [4.78, 5) is 12.6. The first-order valence-corrected chi connectivity index (χ1v) is 11.1. The highest BCUT2D eigenvalue weighted by atomic mass is 35.5. The summed E-state index contributed by atoms with van der Waals surface area (Å²) >= 11 is 6.14. The highest BCUT2D eigenvalue weighted by Gasteiger charge is 2.12. The van der Waals surface area contributed by atoms with Crippen LogP contribution in [0.25, 0.3) is 12.2 Å². The van der Waals surface area contributed by atoms with E-state index in [2.05, 4.69) is 5.32 Å². The van der Waals surface area contributed by atoms with Gasteiger partial charge in [-0.2, -0.15) is 0 Å². The summed E-state index contributed by atoms with van der Waals surface area (Å²) in [5.74, 6) is 2.27. The lowest BCUT2D eigenvalue weighted by atomic mass is 10.1. The van der Waals surface area contributed by atoms with Gasteiger partial charge in [0.1, 0.15) is 5.75 Å². The molecule has 3 rings (SSSR count). The van der Waals surface area contributed by atoms with Crippen LogP contribution in [0.2, 0.25) is 5.02 Å². The first kappa shape index (κ1) is 25.0. The Morgan fingerprint density at radius 2 is 1.53 bits per heavy atom. The average molecular weight is 482 g/mol. The van der Waals surface area contributed by atoms with Crippen LogP contribution < -0.4 is 24.3 Å². The Kier molecular flexibility index (Phi) is 8.82. The molecule has 178 valence electrons. The molecule has 7 heteroatoms. The van der Waals surface area contributed by atoms with Gasteiger partial charge in [0.25, 0.3) is 0 Å². The summed E-state index contributed by atoms with van der Waals surface area (Å²) in [5, 5.41) is 3.77. The molecule has 3 aromatic carbocycles. The molecule has 0 aliphatic carbocycles. The molecule has 0 aliphatic heterocycles. The summed E-state index contributed by atoms with van der Waals surface area (Å²) in [6, 6.07) is 16.7. The number of ether oxygens (including phenoxy) is 4. The first-order chi connectivity index (χ1) is 16.5. The van der Waals surface area contributed by atoms with Crippen LogP contribution in [0.4, 0.5) is 5.69 Å². The number of carbonyl (C=O) groups is 1. The van der Waals surface area contributed by atoms with E-state index in [1.807, 2.05) is 48.6 Å². The van der Waals surface area contributed by atoms with E-state index in [-0.39, 0.29) is 5.78 Å². The van der Waals surface area contributed by atoms with Crippen molar-refractivity contribution in [1.29, 1.82) is 0 Å². The molecule has 0 unspecified atom stereocenters. The molecule has 0 aromatic heterocycles. The van der Waals surface area contributed by atoms with Crippen molar-refractivity contribution in [1.82, 2.24) is 0 Å². The number of carbonyl (C=O) groups excluding carboxylic acids is 1. The third kappa shape index (κ3) is 6.02. The summed E-state index contributed by atoms with van der Waals surface area (Å²) < 4.78 is 21.4. The summed E-state index contributed by atoms with van der Waals surface area (Å²) in [6.45, 7) is 0.484. The van der Waals surface area contributed by atoms with Gasteiger partial charge in [-0.1, -0.05) is 42.0 Å². The fraction of sp³-hybridized carbons (Fsp3) is 0.222. The van der Waals surface area contributed by atoms with Crippen LogP contribution in [0.5, 0.6) is 23.0 Å². The predicted molar refractivity (Wildman–Crippen MR) is 137 cm³/mol. The van der Waals surface area contributed by atoms with E-state index in [9.17, 15) is 4.79 Å². The smallest absolute Gasteiger partial charge is 0.203 e. The van der Waals surface area contributed by atoms with E-state index < -0.39 is 0 Å². The second-order valence-corrected chi connectivity index (χ2v) is 7.74. The van der Waals surface area contributed by atoms with Crippen LogP contribution >= 0.6 is 11.6 Å². The van der Waals surface area contributed by atoms with Gasteiger partial charge in [0.15, 0.2) is 17.3 Å². The minimum absolute atomic E-state index is 0.00231. The number of ketones is 1. The third-order valence-corrected chi connectivity index (χ3v) is 5.54.